The third kappa shape index (κ3) is 6.18. The Hall–Kier alpha value is -0.230. The zero-order valence-electron chi connectivity index (χ0n) is 7.31. The second-order valence-electron chi connectivity index (χ2n) is 2.88. The monoisotopic (exact) mass is 173 g/mol. The lowest BCUT2D eigenvalue weighted by Crippen LogP contribution is -2.16. The molecule has 1 atom stereocenters. The highest BCUT2D eigenvalue weighted by Gasteiger charge is 2.02. The summed E-state index contributed by atoms with van der Waals surface area (Å²) in [7, 11) is 4.12. The second kappa shape index (κ2) is 6.48. The van der Waals surface area contributed by atoms with Crippen molar-refractivity contribution in [1.82, 2.24) is 4.90 Å². The molecule has 0 aromatic heterocycles. The first-order valence-corrected chi connectivity index (χ1v) is 4.30. The summed E-state index contributed by atoms with van der Waals surface area (Å²) in [6, 6.07) is 0. The summed E-state index contributed by atoms with van der Waals surface area (Å²) in [6.07, 6.45) is 3.02. The molecule has 0 heterocycles. The highest BCUT2D eigenvalue weighted by atomic mass is 35.5. The topological polar surface area (TPSA) is 3.24 Å². The molecule has 0 fully saturated rings. The summed E-state index contributed by atoms with van der Waals surface area (Å²) in [4.78, 5) is 2.15. The Kier molecular flexibility index (Phi) is 6.34. The van der Waals surface area contributed by atoms with Gasteiger partial charge in [0.15, 0.2) is 0 Å². The van der Waals surface area contributed by atoms with Crippen LogP contribution in [0, 0.1) is 5.92 Å². The zero-order valence-corrected chi connectivity index (χ0v) is 8.06. The molecule has 0 N–H and O–H groups in total. The highest BCUT2D eigenvalue weighted by Crippen LogP contribution is 2.06. The lowest BCUT2D eigenvalue weighted by molar-refractivity contribution is 0.380. The van der Waals surface area contributed by atoms with Gasteiger partial charge in [0.05, 0.1) is 0 Å². The van der Waals surface area contributed by atoms with Gasteiger partial charge in [-0.3, -0.25) is 0 Å². The van der Waals surface area contributed by atoms with Gasteiger partial charge in [0.25, 0.3) is 0 Å². The van der Waals surface area contributed by atoms with Crippen molar-refractivity contribution in [2.75, 3.05) is 26.5 Å². The maximum absolute atomic E-state index is 5.71. The summed E-state index contributed by atoms with van der Waals surface area (Å²) < 4.78 is 0. The van der Waals surface area contributed by atoms with Crippen molar-refractivity contribution in [3.05, 3.63) is 18.4 Å². The molecule has 0 radical (unpaired) electrons. The van der Waals surface area contributed by atoms with Crippen molar-refractivity contribution in [2.45, 2.75) is 6.42 Å². The van der Waals surface area contributed by atoms with Gasteiger partial charge < -0.3 is 4.90 Å². The van der Waals surface area contributed by atoms with Crippen LogP contribution in [0.15, 0.2) is 18.4 Å². The maximum atomic E-state index is 5.71. The Morgan fingerprint density at radius 2 is 2.27 bits per heavy atom. The maximum Gasteiger partial charge on any atom is 0.0292 e. The largest absolute Gasteiger partial charge is 0.309 e. The minimum absolute atomic E-state index is 0.427. The van der Waals surface area contributed by atoms with E-state index in [4.69, 9.17) is 11.6 Å². The van der Waals surface area contributed by atoms with E-state index in [1.807, 2.05) is 6.08 Å². The van der Waals surface area contributed by atoms with Crippen LogP contribution >= 0.6 is 11.6 Å². The van der Waals surface area contributed by atoms with E-state index in [1.54, 1.807) is 0 Å². The van der Waals surface area contributed by atoms with E-state index in [2.05, 4.69) is 31.3 Å². The summed E-state index contributed by atoms with van der Waals surface area (Å²) in [5, 5.41) is 0. The molecule has 0 aliphatic heterocycles. The molecular weight excluding hydrogens is 158 g/mol. The Morgan fingerprint density at radius 1 is 1.64 bits per heavy atom. The van der Waals surface area contributed by atoms with E-state index in [0.29, 0.717) is 11.8 Å². The summed E-state index contributed by atoms with van der Waals surface area (Å²) in [5.41, 5.74) is 2.76. The third-order valence-electron chi connectivity index (χ3n) is 1.50. The fourth-order valence-corrected chi connectivity index (χ4v) is 1.04. The first-order valence-electron chi connectivity index (χ1n) is 3.77. The summed E-state index contributed by atoms with van der Waals surface area (Å²) >= 11 is 5.71. The average Bonchev–Trinajstić information content (AvgIpc) is 1.97. The molecule has 64 valence electrons. The van der Waals surface area contributed by atoms with Crippen molar-refractivity contribution in [2.24, 2.45) is 5.92 Å². The van der Waals surface area contributed by atoms with Crippen molar-refractivity contribution >= 4 is 11.6 Å². The molecule has 0 aliphatic carbocycles. The van der Waals surface area contributed by atoms with E-state index in [0.717, 1.165) is 13.0 Å². The number of hydrogen-bond acceptors (Lipinski definition) is 1. The standard InChI is InChI=1S/C9H16ClN/c1-4-5-9(8-10)6-7-11(2)3/h5,9H,1,6-8H2,2-3H3. The molecule has 2 heteroatoms. The Bertz CT molecular complexity index is 136. The van der Waals surface area contributed by atoms with Crippen LogP contribution in [0.2, 0.25) is 0 Å². The molecule has 0 aliphatic rings. The number of alkyl halides is 1. The quantitative estimate of drug-likeness (QED) is 0.455. The van der Waals surface area contributed by atoms with E-state index >= 15 is 0 Å². The summed E-state index contributed by atoms with van der Waals surface area (Å²) in [5.74, 6) is 1.09. The molecule has 0 saturated heterocycles. The van der Waals surface area contributed by atoms with Crippen molar-refractivity contribution in [3.63, 3.8) is 0 Å². The summed E-state index contributed by atoms with van der Waals surface area (Å²) in [6.45, 7) is 4.59. The van der Waals surface area contributed by atoms with E-state index in [-0.39, 0.29) is 0 Å². The highest BCUT2D eigenvalue weighted by molar-refractivity contribution is 6.18. The first kappa shape index (κ1) is 10.8. The zero-order chi connectivity index (χ0) is 8.69. The number of halogens is 1. The van der Waals surface area contributed by atoms with Crippen molar-refractivity contribution < 1.29 is 0 Å². The molecule has 0 rings (SSSR count). The third-order valence-corrected chi connectivity index (χ3v) is 1.90. The Labute approximate surface area is 74.3 Å². The van der Waals surface area contributed by atoms with E-state index < -0.39 is 0 Å². The van der Waals surface area contributed by atoms with Crippen LogP contribution in [0.1, 0.15) is 6.42 Å². The van der Waals surface area contributed by atoms with Gasteiger partial charge in [-0.05, 0) is 39.1 Å². The number of rotatable bonds is 5. The fourth-order valence-electron chi connectivity index (χ4n) is 0.796. The van der Waals surface area contributed by atoms with Gasteiger partial charge in [-0.2, -0.15) is 0 Å². The molecule has 0 saturated carbocycles. The minimum Gasteiger partial charge on any atom is -0.309 e. The smallest absolute Gasteiger partial charge is 0.0292 e. The molecule has 11 heavy (non-hydrogen) atoms. The van der Waals surface area contributed by atoms with Crippen LogP contribution in [0.5, 0.6) is 0 Å². The molecular formula is C9H16ClN. The van der Waals surface area contributed by atoms with Gasteiger partial charge in [-0.1, -0.05) is 6.58 Å². The first-order chi connectivity index (χ1) is 5.20. The molecule has 0 aromatic rings. The van der Waals surface area contributed by atoms with Crippen LogP contribution in [-0.4, -0.2) is 31.4 Å². The Balaban J connectivity index is 3.60. The number of nitrogens with zero attached hydrogens (tertiary/aromatic N) is 1. The van der Waals surface area contributed by atoms with Crippen LogP contribution < -0.4 is 0 Å². The average molecular weight is 174 g/mol. The van der Waals surface area contributed by atoms with Crippen LogP contribution in [-0.2, 0) is 0 Å². The Morgan fingerprint density at radius 3 is 2.64 bits per heavy atom. The normalized spacial score (nSPS) is 12.7. The minimum atomic E-state index is 0.427. The van der Waals surface area contributed by atoms with Gasteiger partial charge in [0.2, 0.25) is 0 Å². The predicted octanol–water partition coefficient (Wildman–Crippen LogP) is 2.13. The second-order valence-corrected chi connectivity index (χ2v) is 3.19. The lowest BCUT2D eigenvalue weighted by Gasteiger charge is -2.12. The number of hydrogen-bond donors (Lipinski definition) is 0. The molecule has 1 unspecified atom stereocenters. The van der Waals surface area contributed by atoms with E-state index in [1.165, 1.54) is 0 Å². The van der Waals surface area contributed by atoms with Crippen LogP contribution in [0.25, 0.3) is 0 Å². The predicted molar refractivity (Wildman–Crippen MR) is 51.1 cm³/mol. The molecule has 1 nitrogen and oxygen atoms in total. The van der Waals surface area contributed by atoms with Crippen molar-refractivity contribution in [3.8, 4) is 0 Å². The SMILES string of the molecule is C=C=CC(CCl)CCN(C)C. The fraction of sp³-hybridized carbons (Fsp3) is 0.667. The molecule has 0 amide bonds. The van der Waals surface area contributed by atoms with Crippen LogP contribution in [0.3, 0.4) is 0 Å². The lowest BCUT2D eigenvalue weighted by atomic mass is 10.1. The van der Waals surface area contributed by atoms with Gasteiger partial charge in [0, 0.05) is 5.88 Å². The van der Waals surface area contributed by atoms with Crippen molar-refractivity contribution in [1.29, 1.82) is 0 Å². The van der Waals surface area contributed by atoms with Gasteiger partial charge in [-0.15, -0.1) is 17.3 Å². The number of allylic oxidation sites excluding steroid dienone is 1. The van der Waals surface area contributed by atoms with Gasteiger partial charge >= 0.3 is 0 Å². The van der Waals surface area contributed by atoms with Gasteiger partial charge in [-0.25, -0.2) is 0 Å². The molecule has 0 aromatic carbocycles. The van der Waals surface area contributed by atoms with E-state index in [9.17, 15) is 0 Å². The van der Waals surface area contributed by atoms with Gasteiger partial charge in [0.1, 0.15) is 0 Å². The van der Waals surface area contributed by atoms with Crippen LogP contribution in [0.4, 0.5) is 0 Å². The molecule has 0 spiro atoms. The molecule has 0 bridgehead atoms.